The maximum atomic E-state index is 13.5. The number of halogens is 4. The molecule has 6 nitrogen and oxygen atoms in total. The molecule has 0 unspecified atom stereocenters. The Morgan fingerprint density at radius 2 is 1.67 bits per heavy atom. The van der Waals surface area contributed by atoms with Crippen molar-refractivity contribution in [1.82, 2.24) is 14.9 Å². The number of carbonyl (C=O) groups excluding carboxylic acids is 1. The molecule has 0 radical (unpaired) electrons. The minimum absolute atomic E-state index is 0.0628. The zero-order valence-corrected chi connectivity index (χ0v) is 18.6. The second-order valence-corrected chi connectivity index (χ2v) is 11.2. The van der Waals surface area contributed by atoms with Crippen molar-refractivity contribution in [1.29, 1.82) is 0 Å². The molecule has 3 heterocycles. The van der Waals surface area contributed by atoms with Crippen LogP contribution in [0.2, 0.25) is 0 Å². The van der Waals surface area contributed by atoms with Crippen molar-refractivity contribution in [2.45, 2.75) is 25.1 Å². The third-order valence-corrected chi connectivity index (χ3v) is 8.15. The molecule has 2 aliphatic rings. The minimum atomic E-state index is -4.53. The first-order valence-corrected chi connectivity index (χ1v) is 12.6. The van der Waals surface area contributed by atoms with Crippen molar-refractivity contribution in [3.05, 3.63) is 53.6 Å². The number of aromatic nitrogens is 2. The number of hydrogen-bond donors (Lipinski definition) is 0. The lowest BCUT2D eigenvalue weighted by molar-refractivity contribution is -0.139. The summed E-state index contributed by atoms with van der Waals surface area (Å²) >= 11 is 0. The molecule has 0 aliphatic carbocycles. The lowest BCUT2D eigenvalue weighted by Gasteiger charge is -2.43. The van der Waals surface area contributed by atoms with Gasteiger partial charge in [-0.25, -0.2) is 14.4 Å². The highest BCUT2D eigenvalue weighted by Gasteiger charge is 2.37. The number of amides is 1. The van der Waals surface area contributed by atoms with Crippen LogP contribution in [0.4, 0.5) is 23.5 Å². The molecule has 33 heavy (non-hydrogen) atoms. The monoisotopic (exact) mass is 484 g/mol. The van der Waals surface area contributed by atoms with Gasteiger partial charge in [-0.15, -0.1) is 0 Å². The molecule has 0 N–H and O–H groups in total. The van der Waals surface area contributed by atoms with E-state index in [1.54, 1.807) is 21.9 Å². The van der Waals surface area contributed by atoms with Gasteiger partial charge in [-0.1, -0.05) is 12.1 Å². The standard InChI is InChI=1S/C22H24F4N4O2S/c1-33(32)10-6-16(7-11-33)20(31)30-9-8-29(14-19(30)15-2-4-18(23)5-3-15)21-27-12-17(13-28-21)22(24,25)26/h2-5,12-13,16,19H,1,6-11,14H2/t16?,19-,33?/m0/s1. The largest absolute Gasteiger partial charge is 0.419 e. The zero-order valence-electron chi connectivity index (χ0n) is 17.8. The number of anilines is 1. The molecule has 11 heteroatoms. The van der Waals surface area contributed by atoms with Crippen LogP contribution in [0.5, 0.6) is 0 Å². The van der Waals surface area contributed by atoms with Gasteiger partial charge < -0.3 is 9.80 Å². The van der Waals surface area contributed by atoms with E-state index >= 15 is 0 Å². The number of benzene rings is 1. The van der Waals surface area contributed by atoms with E-state index in [4.69, 9.17) is 0 Å². The third-order valence-electron chi connectivity index (χ3n) is 6.19. The van der Waals surface area contributed by atoms with Gasteiger partial charge in [0.25, 0.3) is 0 Å². The van der Waals surface area contributed by atoms with E-state index in [2.05, 4.69) is 15.8 Å². The average molecular weight is 485 g/mol. The number of piperazine rings is 1. The van der Waals surface area contributed by atoms with Gasteiger partial charge in [0.2, 0.25) is 11.9 Å². The smallest absolute Gasteiger partial charge is 0.337 e. The van der Waals surface area contributed by atoms with Crippen molar-refractivity contribution in [3.63, 3.8) is 0 Å². The molecule has 1 amide bonds. The first-order valence-electron chi connectivity index (χ1n) is 10.6. The SMILES string of the molecule is C=S1(=O)CCC(C(=O)N2CCN(c3ncc(C(F)(F)F)cn3)C[C@H]2c2ccc(F)cc2)CC1. The Morgan fingerprint density at radius 1 is 1.06 bits per heavy atom. The van der Waals surface area contributed by atoms with Gasteiger partial charge in [-0.05, 0) is 45.9 Å². The molecule has 0 saturated carbocycles. The Labute approximate surface area is 189 Å². The first kappa shape index (κ1) is 23.5. The maximum absolute atomic E-state index is 13.5. The molecule has 1 aromatic carbocycles. The summed E-state index contributed by atoms with van der Waals surface area (Å²) < 4.78 is 64.3. The minimum Gasteiger partial charge on any atom is -0.337 e. The summed E-state index contributed by atoms with van der Waals surface area (Å²) in [6.07, 6.45) is -2.05. The van der Waals surface area contributed by atoms with Crippen LogP contribution in [-0.4, -0.2) is 62.0 Å². The van der Waals surface area contributed by atoms with Gasteiger partial charge in [0.05, 0.1) is 11.6 Å². The van der Waals surface area contributed by atoms with Crippen molar-refractivity contribution < 1.29 is 26.6 Å². The summed E-state index contributed by atoms with van der Waals surface area (Å²) in [4.78, 5) is 24.6. The Kier molecular flexibility index (Phi) is 6.35. The molecule has 2 fully saturated rings. The Morgan fingerprint density at radius 3 is 2.24 bits per heavy atom. The topological polar surface area (TPSA) is 66.4 Å². The third kappa shape index (κ3) is 5.29. The number of nitrogens with zero attached hydrogens (tertiary/aromatic N) is 4. The molecule has 2 aromatic rings. The summed E-state index contributed by atoms with van der Waals surface area (Å²) in [5.41, 5.74) is -0.229. The number of rotatable bonds is 3. The quantitative estimate of drug-likeness (QED) is 0.495. The molecular formula is C22H24F4N4O2S. The van der Waals surface area contributed by atoms with E-state index in [9.17, 15) is 26.6 Å². The molecule has 0 spiro atoms. The highest BCUT2D eigenvalue weighted by molar-refractivity contribution is 8.00. The predicted molar refractivity (Wildman–Crippen MR) is 118 cm³/mol. The first-order chi connectivity index (χ1) is 15.5. The van der Waals surface area contributed by atoms with Gasteiger partial charge in [0, 0.05) is 49.5 Å². The van der Waals surface area contributed by atoms with E-state index in [1.165, 1.54) is 12.1 Å². The van der Waals surface area contributed by atoms with Gasteiger partial charge in [0.1, 0.15) is 5.82 Å². The number of hydrogen-bond acceptors (Lipinski definition) is 5. The normalized spacial score (nSPS) is 26.3. The molecule has 4 rings (SSSR count). The fourth-order valence-corrected chi connectivity index (χ4v) is 5.90. The lowest BCUT2D eigenvalue weighted by Crippen LogP contribution is -2.53. The van der Waals surface area contributed by atoms with Crippen LogP contribution >= 0.6 is 0 Å². The van der Waals surface area contributed by atoms with Crippen molar-refractivity contribution >= 4 is 27.2 Å². The van der Waals surface area contributed by atoms with E-state index < -0.39 is 33.1 Å². The molecule has 1 atom stereocenters. The van der Waals surface area contributed by atoms with Gasteiger partial charge in [-0.2, -0.15) is 13.2 Å². The van der Waals surface area contributed by atoms with E-state index in [0.29, 0.717) is 43.0 Å². The van der Waals surface area contributed by atoms with Crippen molar-refractivity contribution in [2.75, 3.05) is 36.0 Å². The summed E-state index contributed by atoms with van der Waals surface area (Å²) in [7, 11) is -2.13. The van der Waals surface area contributed by atoms with Gasteiger partial charge in [-0.3, -0.25) is 9.00 Å². The van der Waals surface area contributed by atoms with Crippen molar-refractivity contribution in [3.8, 4) is 0 Å². The number of alkyl halides is 3. The molecule has 2 aliphatic heterocycles. The summed E-state index contributed by atoms with van der Waals surface area (Å²) in [6.45, 7) is 0.899. The maximum Gasteiger partial charge on any atom is 0.419 e. The summed E-state index contributed by atoms with van der Waals surface area (Å²) in [6, 6.07) is 5.36. The highest BCUT2D eigenvalue weighted by Crippen LogP contribution is 2.32. The Balaban J connectivity index is 1.57. The second-order valence-electron chi connectivity index (χ2n) is 8.46. The van der Waals surface area contributed by atoms with Crippen LogP contribution in [-0.2, 0) is 20.5 Å². The van der Waals surface area contributed by atoms with Crippen LogP contribution in [0.1, 0.15) is 30.0 Å². The molecule has 1 aromatic heterocycles. The fraction of sp³-hybridized carbons (Fsp3) is 0.455. The van der Waals surface area contributed by atoms with E-state index in [0.717, 1.165) is 12.4 Å². The highest BCUT2D eigenvalue weighted by atomic mass is 32.2. The molecule has 2 saturated heterocycles. The average Bonchev–Trinajstić information content (AvgIpc) is 2.78. The lowest BCUT2D eigenvalue weighted by atomic mass is 9.96. The van der Waals surface area contributed by atoms with Gasteiger partial charge in [0.15, 0.2) is 0 Å². The van der Waals surface area contributed by atoms with Crippen LogP contribution in [0, 0.1) is 11.7 Å². The second kappa shape index (κ2) is 8.92. The Hall–Kier alpha value is -2.69. The van der Waals surface area contributed by atoms with E-state index in [-0.39, 0.29) is 24.3 Å². The van der Waals surface area contributed by atoms with Crippen LogP contribution in [0.25, 0.3) is 0 Å². The number of carbonyl (C=O) groups is 1. The molecule has 0 bridgehead atoms. The zero-order chi connectivity index (χ0) is 23.8. The molecular weight excluding hydrogens is 460 g/mol. The molecule has 178 valence electrons. The van der Waals surface area contributed by atoms with E-state index in [1.807, 2.05) is 0 Å². The van der Waals surface area contributed by atoms with Crippen LogP contribution < -0.4 is 4.90 Å². The predicted octanol–water partition coefficient (Wildman–Crippen LogP) is 3.15. The Bertz CT molecular complexity index is 1090. The van der Waals surface area contributed by atoms with Crippen molar-refractivity contribution in [2.24, 2.45) is 5.92 Å². The van der Waals surface area contributed by atoms with Crippen LogP contribution in [0.3, 0.4) is 0 Å². The fourth-order valence-electron chi connectivity index (χ4n) is 4.27. The summed E-state index contributed by atoms with van der Waals surface area (Å²) in [5.74, 6) is 3.96. The summed E-state index contributed by atoms with van der Waals surface area (Å²) in [5, 5.41) is 0. The van der Waals surface area contributed by atoms with Crippen LogP contribution in [0.15, 0.2) is 36.7 Å². The van der Waals surface area contributed by atoms with Gasteiger partial charge >= 0.3 is 6.18 Å².